The van der Waals surface area contributed by atoms with Crippen molar-refractivity contribution < 1.29 is 20.1 Å². The van der Waals surface area contributed by atoms with Crippen LogP contribution in [-0.2, 0) is 6.42 Å². The van der Waals surface area contributed by atoms with Gasteiger partial charge in [0.2, 0.25) is 0 Å². The molecule has 3 aliphatic carbocycles. The van der Waals surface area contributed by atoms with Crippen molar-refractivity contribution in [3.05, 3.63) is 59.2 Å². The summed E-state index contributed by atoms with van der Waals surface area (Å²) in [6, 6.07) is 7.29. The van der Waals surface area contributed by atoms with Crippen molar-refractivity contribution >= 4 is 5.97 Å². The number of benzene rings is 1. The van der Waals surface area contributed by atoms with Gasteiger partial charge in [-0.05, 0) is 80.8 Å². The van der Waals surface area contributed by atoms with E-state index in [9.17, 15) is 20.1 Å². The lowest BCUT2D eigenvalue weighted by Crippen LogP contribution is -2.19. The Kier molecular flexibility index (Phi) is 7.29. The second-order valence-corrected chi connectivity index (χ2v) is 9.83. The van der Waals surface area contributed by atoms with Crippen LogP contribution >= 0.6 is 0 Å². The zero-order valence-electron chi connectivity index (χ0n) is 18.3. The molecule has 31 heavy (non-hydrogen) atoms. The smallest absolute Gasteiger partial charge is 0.335 e. The minimum atomic E-state index is -0.849. The van der Waals surface area contributed by atoms with Crippen LogP contribution in [0.5, 0.6) is 0 Å². The van der Waals surface area contributed by atoms with Crippen LogP contribution in [-0.4, -0.2) is 33.5 Å². The van der Waals surface area contributed by atoms with E-state index in [0.29, 0.717) is 23.3 Å². The number of aromatic carboxylic acids is 1. The zero-order chi connectivity index (χ0) is 21.8. The van der Waals surface area contributed by atoms with Crippen molar-refractivity contribution in [3.8, 4) is 0 Å². The lowest BCUT2D eigenvalue weighted by Gasteiger charge is -2.20. The van der Waals surface area contributed by atoms with Gasteiger partial charge in [0, 0.05) is 5.92 Å². The SMILES string of the molecule is O=C(O)c1ccccc1CCCCC1=C[C@H]2C[C@@H](O)[C@@H](C=C[C@@H](O)C3CCCC3)[C@H]2C1. The fourth-order valence-corrected chi connectivity index (χ4v) is 6.10. The molecule has 4 rings (SSSR count). The average molecular weight is 425 g/mol. The molecule has 1 aromatic carbocycles. The van der Waals surface area contributed by atoms with E-state index in [1.54, 1.807) is 12.1 Å². The van der Waals surface area contributed by atoms with Crippen LogP contribution in [0.15, 0.2) is 48.1 Å². The Morgan fingerprint density at radius 3 is 2.65 bits per heavy atom. The second kappa shape index (κ2) is 10.1. The lowest BCUT2D eigenvalue weighted by atomic mass is 9.88. The minimum Gasteiger partial charge on any atom is -0.478 e. The van der Waals surface area contributed by atoms with Crippen molar-refractivity contribution in [2.24, 2.45) is 23.7 Å². The first-order valence-corrected chi connectivity index (χ1v) is 12.1. The molecule has 0 heterocycles. The Balaban J connectivity index is 1.25. The molecule has 5 atom stereocenters. The zero-order valence-corrected chi connectivity index (χ0v) is 18.3. The Morgan fingerprint density at radius 1 is 1.13 bits per heavy atom. The Labute approximate surface area is 185 Å². The summed E-state index contributed by atoms with van der Waals surface area (Å²) in [4.78, 5) is 11.4. The third-order valence-corrected chi connectivity index (χ3v) is 7.81. The first kappa shape index (κ1) is 22.3. The van der Waals surface area contributed by atoms with Crippen LogP contribution in [0, 0.1) is 23.7 Å². The highest BCUT2D eigenvalue weighted by atomic mass is 16.4. The normalized spacial score (nSPS) is 29.4. The number of rotatable bonds is 9. The average Bonchev–Trinajstić information content (AvgIpc) is 3.47. The van der Waals surface area contributed by atoms with Gasteiger partial charge in [-0.15, -0.1) is 0 Å². The minimum absolute atomic E-state index is 0.150. The predicted octanol–water partition coefficient (Wildman–Crippen LogP) is 5.15. The number of allylic oxidation sites excluding steroid dienone is 2. The fraction of sp³-hybridized carbons (Fsp3) is 0.593. The van der Waals surface area contributed by atoms with E-state index in [4.69, 9.17) is 0 Å². The van der Waals surface area contributed by atoms with Gasteiger partial charge in [0.15, 0.2) is 0 Å². The maximum atomic E-state index is 11.4. The van der Waals surface area contributed by atoms with E-state index in [1.165, 1.54) is 18.4 Å². The van der Waals surface area contributed by atoms with Crippen molar-refractivity contribution in [2.75, 3.05) is 0 Å². The molecule has 0 aromatic heterocycles. The molecule has 0 amide bonds. The van der Waals surface area contributed by atoms with Crippen LogP contribution in [0.25, 0.3) is 0 Å². The molecule has 4 nitrogen and oxygen atoms in total. The van der Waals surface area contributed by atoms with Crippen molar-refractivity contribution in [3.63, 3.8) is 0 Å². The van der Waals surface area contributed by atoms with Crippen molar-refractivity contribution in [1.29, 1.82) is 0 Å². The molecular weight excluding hydrogens is 388 g/mol. The predicted molar refractivity (Wildman–Crippen MR) is 122 cm³/mol. The molecule has 0 radical (unpaired) electrons. The van der Waals surface area contributed by atoms with Gasteiger partial charge < -0.3 is 15.3 Å². The van der Waals surface area contributed by atoms with E-state index in [0.717, 1.165) is 56.9 Å². The molecule has 0 saturated heterocycles. The molecule has 0 aliphatic heterocycles. The summed E-state index contributed by atoms with van der Waals surface area (Å²) in [6.07, 6.45) is 16.2. The Morgan fingerprint density at radius 2 is 1.87 bits per heavy atom. The lowest BCUT2D eigenvalue weighted by molar-refractivity contribution is 0.0695. The monoisotopic (exact) mass is 424 g/mol. The molecule has 3 aliphatic rings. The molecule has 2 saturated carbocycles. The standard InChI is InChI=1S/C27H36O4/c28-25(20-10-3-4-11-20)14-13-23-24-16-18(15-21(24)17-26(23)29)7-1-2-8-19-9-5-6-12-22(19)27(30)31/h5-6,9,12-15,20-21,23-26,28-29H,1-4,7-8,10-11,16-17H2,(H,30,31)/t21-,23-,24-,25+,26+/m0/s1. The summed E-state index contributed by atoms with van der Waals surface area (Å²) in [6.45, 7) is 0. The molecule has 0 bridgehead atoms. The van der Waals surface area contributed by atoms with Gasteiger partial charge in [0.25, 0.3) is 0 Å². The van der Waals surface area contributed by atoms with Crippen molar-refractivity contribution in [2.45, 2.75) is 76.4 Å². The molecule has 0 spiro atoms. The number of unbranched alkanes of at least 4 members (excludes halogenated alkanes) is 1. The summed E-state index contributed by atoms with van der Waals surface area (Å²) >= 11 is 0. The summed E-state index contributed by atoms with van der Waals surface area (Å²) in [5, 5.41) is 30.3. The van der Waals surface area contributed by atoms with Crippen molar-refractivity contribution in [1.82, 2.24) is 0 Å². The molecule has 0 unspecified atom stereocenters. The maximum Gasteiger partial charge on any atom is 0.335 e. The summed E-state index contributed by atoms with van der Waals surface area (Å²) in [5.74, 6) is 0.616. The van der Waals surface area contributed by atoms with Gasteiger partial charge in [-0.3, -0.25) is 0 Å². The van der Waals surface area contributed by atoms with Crippen LogP contribution in [0.3, 0.4) is 0 Å². The highest BCUT2D eigenvalue weighted by Crippen LogP contribution is 2.48. The van der Waals surface area contributed by atoms with Crippen LogP contribution in [0.1, 0.15) is 73.7 Å². The Bertz CT molecular complexity index is 820. The molecule has 3 N–H and O–H groups in total. The van der Waals surface area contributed by atoms with Gasteiger partial charge in [0.05, 0.1) is 17.8 Å². The molecule has 4 heteroatoms. The first-order chi connectivity index (χ1) is 15.0. The topological polar surface area (TPSA) is 77.8 Å². The van der Waals surface area contributed by atoms with E-state index in [1.807, 2.05) is 18.2 Å². The number of carboxylic acids is 1. The fourth-order valence-electron chi connectivity index (χ4n) is 6.10. The number of aliphatic hydroxyl groups excluding tert-OH is 2. The highest BCUT2D eigenvalue weighted by Gasteiger charge is 2.43. The molecule has 168 valence electrons. The van der Waals surface area contributed by atoms with Crippen LogP contribution in [0.4, 0.5) is 0 Å². The summed E-state index contributed by atoms with van der Waals surface area (Å²) < 4.78 is 0. The molecule has 2 fully saturated rings. The summed E-state index contributed by atoms with van der Waals surface area (Å²) in [5.41, 5.74) is 2.82. The van der Waals surface area contributed by atoms with Crippen LogP contribution < -0.4 is 0 Å². The number of carbonyl (C=O) groups is 1. The number of aryl methyl sites for hydroxylation is 1. The maximum absolute atomic E-state index is 11.4. The quantitative estimate of drug-likeness (QED) is 0.378. The first-order valence-electron chi connectivity index (χ1n) is 12.1. The van der Waals surface area contributed by atoms with E-state index in [-0.39, 0.29) is 18.1 Å². The van der Waals surface area contributed by atoms with Crippen LogP contribution in [0.2, 0.25) is 0 Å². The number of carboxylic acid groups (broad SMARTS) is 1. The number of hydrogen-bond acceptors (Lipinski definition) is 3. The number of fused-ring (bicyclic) bond motifs is 1. The van der Waals surface area contributed by atoms with Gasteiger partial charge >= 0.3 is 5.97 Å². The van der Waals surface area contributed by atoms with E-state index >= 15 is 0 Å². The third kappa shape index (κ3) is 5.30. The number of hydrogen-bond donors (Lipinski definition) is 3. The van der Waals surface area contributed by atoms with E-state index < -0.39 is 5.97 Å². The van der Waals surface area contributed by atoms with Gasteiger partial charge in [-0.2, -0.15) is 0 Å². The molecule has 1 aromatic rings. The summed E-state index contributed by atoms with van der Waals surface area (Å²) in [7, 11) is 0. The Hall–Kier alpha value is -1.91. The van der Waals surface area contributed by atoms with Gasteiger partial charge in [-0.25, -0.2) is 4.79 Å². The van der Waals surface area contributed by atoms with E-state index in [2.05, 4.69) is 12.2 Å². The molecular formula is C27H36O4. The number of aliphatic hydroxyl groups is 2. The largest absolute Gasteiger partial charge is 0.478 e. The van der Waals surface area contributed by atoms with Gasteiger partial charge in [-0.1, -0.05) is 54.8 Å². The third-order valence-electron chi connectivity index (χ3n) is 7.81. The van der Waals surface area contributed by atoms with Gasteiger partial charge in [0.1, 0.15) is 0 Å². The second-order valence-electron chi connectivity index (χ2n) is 9.83. The highest BCUT2D eigenvalue weighted by molar-refractivity contribution is 5.89.